The Labute approximate surface area is 122 Å². The second-order valence-electron chi connectivity index (χ2n) is 5.11. The van der Waals surface area contributed by atoms with Crippen LogP contribution >= 0.6 is 11.6 Å². The SMILES string of the molecule is O=C(O)c1cn(-c2ccccc2Cl)nc1C1CCCC1. The molecule has 1 aliphatic rings. The predicted octanol–water partition coefficient (Wildman–Crippen LogP) is 3.88. The monoisotopic (exact) mass is 290 g/mol. The van der Waals surface area contributed by atoms with Crippen LogP contribution in [0.3, 0.4) is 0 Å². The number of hydrogen-bond donors (Lipinski definition) is 1. The van der Waals surface area contributed by atoms with Crippen LogP contribution in [0.4, 0.5) is 0 Å². The zero-order valence-electron chi connectivity index (χ0n) is 10.9. The zero-order chi connectivity index (χ0) is 14.1. The molecule has 2 aromatic rings. The molecule has 20 heavy (non-hydrogen) atoms. The van der Waals surface area contributed by atoms with Gasteiger partial charge in [0.05, 0.1) is 16.4 Å². The van der Waals surface area contributed by atoms with Gasteiger partial charge in [-0.2, -0.15) is 5.10 Å². The van der Waals surface area contributed by atoms with Gasteiger partial charge in [0.2, 0.25) is 0 Å². The van der Waals surface area contributed by atoms with Gasteiger partial charge < -0.3 is 5.11 Å². The maximum atomic E-state index is 11.4. The van der Waals surface area contributed by atoms with Crippen LogP contribution in [0.25, 0.3) is 5.69 Å². The molecule has 4 nitrogen and oxygen atoms in total. The minimum absolute atomic E-state index is 0.254. The molecule has 1 saturated carbocycles. The Balaban J connectivity index is 2.07. The van der Waals surface area contributed by atoms with Crippen molar-refractivity contribution in [3.8, 4) is 5.69 Å². The maximum absolute atomic E-state index is 11.4. The molecule has 0 spiro atoms. The fourth-order valence-electron chi connectivity index (χ4n) is 2.81. The van der Waals surface area contributed by atoms with E-state index in [1.807, 2.05) is 18.2 Å². The normalized spacial score (nSPS) is 15.7. The van der Waals surface area contributed by atoms with Crippen LogP contribution in [0.1, 0.15) is 47.7 Å². The first-order valence-corrected chi connectivity index (χ1v) is 7.12. The molecule has 0 aliphatic heterocycles. The summed E-state index contributed by atoms with van der Waals surface area (Å²) in [6.45, 7) is 0. The molecule has 0 unspecified atom stereocenters. The average Bonchev–Trinajstić information content (AvgIpc) is 3.08. The number of carbonyl (C=O) groups is 1. The van der Waals surface area contributed by atoms with Crippen LogP contribution in [-0.2, 0) is 0 Å². The van der Waals surface area contributed by atoms with Gasteiger partial charge in [-0.1, -0.05) is 36.6 Å². The van der Waals surface area contributed by atoms with Gasteiger partial charge >= 0.3 is 5.97 Å². The summed E-state index contributed by atoms with van der Waals surface area (Å²) in [6, 6.07) is 7.30. The van der Waals surface area contributed by atoms with Crippen LogP contribution < -0.4 is 0 Å². The highest BCUT2D eigenvalue weighted by molar-refractivity contribution is 6.32. The minimum atomic E-state index is -0.926. The van der Waals surface area contributed by atoms with E-state index in [1.54, 1.807) is 16.9 Å². The van der Waals surface area contributed by atoms with Crippen molar-refractivity contribution in [3.63, 3.8) is 0 Å². The number of carboxylic acid groups (broad SMARTS) is 1. The van der Waals surface area contributed by atoms with Crippen molar-refractivity contribution in [2.24, 2.45) is 0 Å². The summed E-state index contributed by atoms with van der Waals surface area (Å²) in [5.41, 5.74) is 1.69. The Kier molecular flexibility index (Phi) is 3.49. The topological polar surface area (TPSA) is 55.1 Å². The van der Waals surface area contributed by atoms with Crippen molar-refractivity contribution < 1.29 is 9.90 Å². The molecule has 104 valence electrons. The third kappa shape index (κ3) is 2.31. The molecule has 1 aliphatic carbocycles. The van der Waals surface area contributed by atoms with E-state index in [2.05, 4.69) is 5.10 Å². The largest absolute Gasteiger partial charge is 0.478 e. The van der Waals surface area contributed by atoms with Gasteiger partial charge in [-0.25, -0.2) is 9.48 Å². The first-order valence-electron chi connectivity index (χ1n) is 6.74. The van der Waals surface area contributed by atoms with Crippen molar-refractivity contribution in [2.75, 3.05) is 0 Å². The first kappa shape index (κ1) is 13.2. The summed E-state index contributed by atoms with van der Waals surface area (Å²) in [5, 5.41) is 14.4. The van der Waals surface area contributed by atoms with E-state index in [9.17, 15) is 9.90 Å². The van der Waals surface area contributed by atoms with Crippen LogP contribution in [0.15, 0.2) is 30.5 Å². The van der Waals surface area contributed by atoms with E-state index in [4.69, 9.17) is 11.6 Å². The van der Waals surface area contributed by atoms with Crippen LogP contribution in [0.2, 0.25) is 5.02 Å². The lowest BCUT2D eigenvalue weighted by Gasteiger charge is -2.06. The minimum Gasteiger partial charge on any atom is -0.478 e. The molecular formula is C15H15ClN2O2. The quantitative estimate of drug-likeness (QED) is 0.933. The lowest BCUT2D eigenvalue weighted by atomic mass is 10.0. The Morgan fingerprint density at radius 1 is 1.30 bits per heavy atom. The second kappa shape index (κ2) is 5.29. The van der Waals surface area contributed by atoms with E-state index in [0.717, 1.165) is 25.7 Å². The lowest BCUT2D eigenvalue weighted by molar-refractivity contribution is 0.0695. The zero-order valence-corrected chi connectivity index (χ0v) is 11.7. The van der Waals surface area contributed by atoms with E-state index < -0.39 is 5.97 Å². The molecule has 5 heteroatoms. The first-order chi connectivity index (χ1) is 9.66. The van der Waals surface area contributed by atoms with E-state index >= 15 is 0 Å². The second-order valence-corrected chi connectivity index (χ2v) is 5.52. The highest BCUT2D eigenvalue weighted by atomic mass is 35.5. The number of para-hydroxylation sites is 1. The van der Waals surface area contributed by atoms with E-state index in [1.165, 1.54) is 0 Å². The standard InChI is InChI=1S/C15H15ClN2O2/c16-12-7-3-4-8-13(12)18-9-11(15(19)20)14(17-18)10-5-1-2-6-10/h3-4,7-10H,1-2,5-6H2,(H,19,20). The maximum Gasteiger partial charge on any atom is 0.339 e. The lowest BCUT2D eigenvalue weighted by Crippen LogP contribution is -2.03. The molecule has 0 atom stereocenters. The average molecular weight is 291 g/mol. The Hall–Kier alpha value is -1.81. The number of benzene rings is 1. The molecule has 0 bridgehead atoms. The number of halogens is 1. The molecule has 1 aromatic heterocycles. The third-order valence-corrected chi connectivity index (χ3v) is 4.13. The molecule has 3 rings (SSSR count). The summed E-state index contributed by atoms with van der Waals surface area (Å²) in [6.07, 6.45) is 5.88. The number of aromatic nitrogens is 2. The van der Waals surface area contributed by atoms with E-state index in [-0.39, 0.29) is 11.5 Å². The van der Waals surface area contributed by atoms with Crippen LogP contribution in [0, 0.1) is 0 Å². The van der Waals surface area contributed by atoms with Crippen molar-refractivity contribution in [1.82, 2.24) is 9.78 Å². The van der Waals surface area contributed by atoms with Crippen LogP contribution in [-0.4, -0.2) is 20.9 Å². The summed E-state index contributed by atoms with van der Waals surface area (Å²) in [7, 11) is 0. The molecular weight excluding hydrogens is 276 g/mol. The number of aromatic carboxylic acids is 1. The fraction of sp³-hybridized carbons (Fsp3) is 0.333. The summed E-state index contributed by atoms with van der Waals surface area (Å²) in [4.78, 5) is 11.4. The number of hydrogen-bond acceptors (Lipinski definition) is 2. The number of rotatable bonds is 3. The molecule has 1 N–H and O–H groups in total. The van der Waals surface area contributed by atoms with Gasteiger partial charge in [-0.05, 0) is 25.0 Å². The van der Waals surface area contributed by atoms with Gasteiger partial charge in [0.25, 0.3) is 0 Å². The Morgan fingerprint density at radius 3 is 2.65 bits per heavy atom. The Morgan fingerprint density at radius 2 is 2.00 bits per heavy atom. The smallest absolute Gasteiger partial charge is 0.339 e. The molecule has 1 aromatic carbocycles. The highest BCUT2D eigenvalue weighted by Gasteiger charge is 2.26. The number of carboxylic acids is 1. The van der Waals surface area contributed by atoms with Crippen molar-refractivity contribution >= 4 is 17.6 Å². The van der Waals surface area contributed by atoms with Crippen molar-refractivity contribution in [1.29, 1.82) is 0 Å². The fourth-order valence-corrected chi connectivity index (χ4v) is 3.04. The molecule has 0 saturated heterocycles. The molecule has 1 fully saturated rings. The van der Waals surface area contributed by atoms with Gasteiger partial charge in [-0.3, -0.25) is 0 Å². The highest BCUT2D eigenvalue weighted by Crippen LogP contribution is 2.35. The van der Waals surface area contributed by atoms with Crippen molar-refractivity contribution in [2.45, 2.75) is 31.6 Å². The third-order valence-electron chi connectivity index (χ3n) is 3.81. The Bertz CT molecular complexity index is 645. The van der Waals surface area contributed by atoms with Gasteiger partial charge in [0, 0.05) is 12.1 Å². The van der Waals surface area contributed by atoms with Gasteiger partial charge in [0.1, 0.15) is 5.56 Å². The molecule has 0 radical (unpaired) electrons. The van der Waals surface area contributed by atoms with Gasteiger partial charge in [0.15, 0.2) is 0 Å². The summed E-state index contributed by atoms with van der Waals surface area (Å²) >= 11 is 6.15. The van der Waals surface area contributed by atoms with Gasteiger partial charge in [-0.15, -0.1) is 0 Å². The molecule has 0 amide bonds. The molecule has 1 heterocycles. The summed E-state index contributed by atoms with van der Waals surface area (Å²) < 4.78 is 1.58. The summed E-state index contributed by atoms with van der Waals surface area (Å²) in [5.74, 6) is -0.671. The van der Waals surface area contributed by atoms with Crippen molar-refractivity contribution in [3.05, 3.63) is 46.7 Å². The predicted molar refractivity (Wildman–Crippen MR) is 76.7 cm³/mol. The van der Waals surface area contributed by atoms with Crippen LogP contribution in [0.5, 0.6) is 0 Å². The number of nitrogens with zero attached hydrogens (tertiary/aromatic N) is 2. The van der Waals surface area contributed by atoms with E-state index in [0.29, 0.717) is 16.4 Å².